The average molecular weight is 245 g/mol. The third-order valence-electron chi connectivity index (χ3n) is 2.35. The predicted octanol–water partition coefficient (Wildman–Crippen LogP) is 3.37. The lowest BCUT2D eigenvalue weighted by Crippen LogP contribution is -1.82. The van der Waals surface area contributed by atoms with Crippen molar-refractivity contribution >= 4 is 18.0 Å². The van der Waals surface area contributed by atoms with Gasteiger partial charge in [0.25, 0.3) is 0 Å². The first-order valence-corrected chi connectivity index (χ1v) is 5.25. The summed E-state index contributed by atoms with van der Waals surface area (Å²) in [7, 11) is 1.60. The van der Waals surface area contributed by atoms with Gasteiger partial charge in [0.2, 0.25) is 0 Å². The highest BCUT2D eigenvalue weighted by molar-refractivity contribution is 5.67. The highest BCUT2D eigenvalue weighted by Gasteiger charge is 2.09. The lowest BCUT2D eigenvalue weighted by atomic mass is 10.2. The Labute approximate surface area is 103 Å². The van der Waals surface area contributed by atoms with Crippen molar-refractivity contribution in [2.45, 2.75) is 0 Å². The van der Waals surface area contributed by atoms with Gasteiger partial charge in [0, 0.05) is 0 Å². The normalized spacial score (nSPS) is 10.7. The van der Waals surface area contributed by atoms with E-state index in [1.807, 2.05) is 30.3 Å². The van der Waals surface area contributed by atoms with Crippen LogP contribution in [0.4, 0.5) is 5.88 Å². The number of nitrogens with zero attached hydrogens (tertiary/aromatic N) is 1. The van der Waals surface area contributed by atoms with Crippen molar-refractivity contribution in [3.63, 3.8) is 0 Å². The van der Waals surface area contributed by atoms with E-state index in [1.54, 1.807) is 19.3 Å². The lowest BCUT2D eigenvalue weighted by Gasteiger charge is -1.98. The van der Waals surface area contributed by atoms with Crippen LogP contribution in [-0.4, -0.2) is 12.0 Å². The molecule has 92 valence electrons. The Balaban J connectivity index is 2.11. The van der Waals surface area contributed by atoms with E-state index in [0.717, 1.165) is 11.3 Å². The minimum Gasteiger partial charge on any atom is -0.497 e. The van der Waals surface area contributed by atoms with Crippen molar-refractivity contribution in [1.82, 2.24) is 0 Å². The van der Waals surface area contributed by atoms with E-state index in [-0.39, 0.29) is 5.88 Å². The summed E-state index contributed by atoms with van der Waals surface area (Å²) >= 11 is 0. The second-order valence-electron chi connectivity index (χ2n) is 3.54. The molecule has 1 heterocycles. The zero-order chi connectivity index (χ0) is 13.0. The zero-order valence-electron chi connectivity index (χ0n) is 9.70. The van der Waals surface area contributed by atoms with Gasteiger partial charge in [-0.05, 0) is 29.8 Å². The van der Waals surface area contributed by atoms with Crippen molar-refractivity contribution in [2.24, 2.45) is 0 Å². The molecule has 0 bridgehead atoms. The maximum Gasteiger partial charge on any atom is 0.433 e. The van der Waals surface area contributed by atoms with Gasteiger partial charge in [-0.1, -0.05) is 18.2 Å². The Hall–Kier alpha value is -2.56. The van der Waals surface area contributed by atoms with Gasteiger partial charge in [0.05, 0.1) is 13.2 Å². The Kier molecular flexibility index (Phi) is 3.43. The summed E-state index contributed by atoms with van der Waals surface area (Å²) in [6.45, 7) is 0. The fourth-order valence-electron chi connectivity index (χ4n) is 1.42. The smallest absolute Gasteiger partial charge is 0.433 e. The van der Waals surface area contributed by atoms with E-state index in [1.165, 1.54) is 6.07 Å². The Bertz CT molecular complexity index is 569. The van der Waals surface area contributed by atoms with E-state index < -0.39 is 4.92 Å². The monoisotopic (exact) mass is 245 g/mol. The number of nitro groups is 1. The molecule has 0 aliphatic rings. The molecule has 1 aromatic heterocycles. The second-order valence-corrected chi connectivity index (χ2v) is 3.54. The van der Waals surface area contributed by atoms with Gasteiger partial charge in [-0.2, -0.15) is 0 Å². The summed E-state index contributed by atoms with van der Waals surface area (Å²) in [6.07, 6.45) is 3.48. The molecule has 0 N–H and O–H groups in total. The summed E-state index contributed by atoms with van der Waals surface area (Å²) in [5.74, 6) is 0.961. The molecule has 0 saturated carbocycles. The van der Waals surface area contributed by atoms with Crippen LogP contribution in [0.3, 0.4) is 0 Å². The van der Waals surface area contributed by atoms with Crippen LogP contribution >= 0.6 is 0 Å². The first-order valence-electron chi connectivity index (χ1n) is 5.25. The van der Waals surface area contributed by atoms with Crippen LogP contribution in [0.2, 0.25) is 0 Å². The molecule has 0 atom stereocenters. The fraction of sp³-hybridized carbons (Fsp3) is 0.0769. The van der Waals surface area contributed by atoms with E-state index in [4.69, 9.17) is 9.15 Å². The molecule has 2 rings (SSSR count). The topological polar surface area (TPSA) is 65.5 Å². The number of hydrogen-bond donors (Lipinski definition) is 0. The fourth-order valence-corrected chi connectivity index (χ4v) is 1.42. The first-order chi connectivity index (χ1) is 8.69. The second kappa shape index (κ2) is 5.18. The summed E-state index contributed by atoms with van der Waals surface area (Å²) in [6, 6.07) is 10.3. The van der Waals surface area contributed by atoms with E-state index >= 15 is 0 Å². The Morgan fingerprint density at radius 3 is 2.44 bits per heavy atom. The maximum absolute atomic E-state index is 10.4. The highest BCUT2D eigenvalue weighted by atomic mass is 16.6. The molecule has 2 aromatic rings. The number of methoxy groups -OCH3 is 1. The zero-order valence-corrected chi connectivity index (χ0v) is 9.70. The SMILES string of the molecule is COc1ccc(C=Cc2ccc([N+](=O)[O-])o2)cc1. The highest BCUT2D eigenvalue weighted by Crippen LogP contribution is 2.18. The number of rotatable bonds is 4. The number of hydrogen-bond acceptors (Lipinski definition) is 4. The summed E-state index contributed by atoms with van der Waals surface area (Å²) < 4.78 is 10.0. The molecule has 0 fully saturated rings. The van der Waals surface area contributed by atoms with Gasteiger partial charge in [0.15, 0.2) is 0 Å². The molecule has 0 unspecified atom stereocenters. The molecular weight excluding hydrogens is 234 g/mol. The molecule has 0 amide bonds. The molecule has 0 aliphatic carbocycles. The molecule has 5 heteroatoms. The quantitative estimate of drug-likeness (QED) is 0.611. The van der Waals surface area contributed by atoms with Gasteiger partial charge in [-0.15, -0.1) is 0 Å². The van der Waals surface area contributed by atoms with Crippen LogP contribution < -0.4 is 4.74 Å². The molecule has 0 spiro atoms. The lowest BCUT2D eigenvalue weighted by molar-refractivity contribution is -0.402. The van der Waals surface area contributed by atoms with Crippen LogP contribution in [-0.2, 0) is 0 Å². The molecule has 1 aromatic carbocycles. The van der Waals surface area contributed by atoms with Crippen molar-refractivity contribution in [3.05, 3.63) is 57.8 Å². The minimum atomic E-state index is -0.565. The van der Waals surface area contributed by atoms with Gasteiger partial charge in [-0.3, -0.25) is 10.1 Å². The third-order valence-corrected chi connectivity index (χ3v) is 2.35. The predicted molar refractivity (Wildman–Crippen MR) is 67.3 cm³/mol. The number of benzene rings is 1. The van der Waals surface area contributed by atoms with Gasteiger partial charge in [-0.25, -0.2) is 0 Å². The van der Waals surface area contributed by atoms with Crippen molar-refractivity contribution in [3.8, 4) is 5.75 Å². The molecule has 18 heavy (non-hydrogen) atoms. The first kappa shape index (κ1) is 11.9. The van der Waals surface area contributed by atoms with Gasteiger partial charge >= 0.3 is 5.88 Å². The molecule has 0 saturated heterocycles. The van der Waals surface area contributed by atoms with Crippen LogP contribution in [0.15, 0.2) is 40.8 Å². The summed E-state index contributed by atoms with van der Waals surface area (Å²) in [5, 5.41) is 10.4. The number of ether oxygens (including phenoxy) is 1. The van der Waals surface area contributed by atoms with Crippen molar-refractivity contribution in [2.75, 3.05) is 7.11 Å². The van der Waals surface area contributed by atoms with Gasteiger partial charge in [0.1, 0.15) is 16.4 Å². The standard InChI is InChI=1S/C13H11NO4/c1-17-11-5-2-10(3-6-11)4-7-12-8-9-13(18-12)14(15)16/h2-9H,1H3. The van der Waals surface area contributed by atoms with Crippen molar-refractivity contribution in [1.29, 1.82) is 0 Å². The molecular formula is C13H11NO4. The van der Waals surface area contributed by atoms with Crippen molar-refractivity contribution < 1.29 is 14.1 Å². The molecule has 0 radical (unpaired) electrons. The van der Waals surface area contributed by atoms with E-state index in [2.05, 4.69) is 0 Å². The summed E-state index contributed by atoms with van der Waals surface area (Å²) in [4.78, 5) is 9.87. The number of furan rings is 1. The molecule has 5 nitrogen and oxygen atoms in total. The average Bonchev–Trinajstić information content (AvgIpc) is 2.86. The van der Waals surface area contributed by atoms with Crippen LogP contribution in [0.1, 0.15) is 11.3 Å². The summed E-state index contributed by atoms with van der Waals surface area (Å²) in [5.41, 5.74) is 0.954. The maximum atomic E-state index is 10.4. The Morgan fingerprint density at radius 1 is 1.17 bits per heavy atom. The Morgan fingerprint density at radius 2 is 1.89 bits per heavy atom. The molecule has 0 aliphatic heterocycles. The third kappa shape index (κ3) is 2.76. The van der Waals surface area contributed by atoms with Gasteiger partial charge < -0.3 is 9.15 Å². The minimum absolute atomic E-state index is 0.260. The van der Waals surface area contributed by atoms with E-state index in [0.29, 0.717) is 5.76 Å². The van der Waals surface area contributed by atoms with Crippen LogP contribution in [0.25, 0.3) is 12.2 Å². The largest absolute Gasteiger partial charge is 0.497 e. The van der Waals surface area contributed by atoms with Crippen LogP contribution in [0, 0.1) is 10.1 Å². The van der Waals surface area contributed by atoms with Crippen LogP contribution in [0.5, 0.6) is 5.75 Å². The van der Waals surface area contributed by atoms with E-state index in [9.17, 15) is 10.1 Å².